The van der Waals surface area contributed by atoms with Crippen molar-refractivity contribution in [2.24, 2.45) is 5.92 Å². The molecule has 0 aromatic heterocycles. The van der Waals surface area contributed by atoms with E-state index >= 15 is 0 Å². The van der Waals surface area contributed by atoms with Crippen LogP contribution in [0.3, 0.4) is 0 Å². The molecule has 0 bridgehead atoms. The highest BCUT2D eigenvalue weighted by Gasteiger charge is 2.22. The van der Waals surface area contributed by atoms with Crippen LogP contribution in [0.4, 0.5) is 0 Å². The van der Waals surface area contributed by atoms with Gasteiger partial charge in [-0.2, -0.15) is 0 Å². The molecule has 19 heavy (non-hydrogen) atoms. The van der Waals surface area contributed by atoms with E-state index in [4.69, 9.17) is 0 Å². The van der Waals surface area contributed by atoms with E-state index < -0.39 is 0 Å². The fourth-order valence-electron chi connectivity index (χ4n) is 2.33. The van der Waals surface area contributed by atoms with Crippen molar-refractivity contribution >= 4 is 6.08 Å². The largest absolute Gasteiger partial charge is 0.313 e. The zero-order valence-electron chi connectivity index (χ0n) is 12.6. The Kier molecular flexibility index (Phi) is 5.21. The Morgan fingerprint density at radius 3 is 2.47 bits per heavy atom. The SMILES string of the molecule is CCCNCC(=Cc1ccc(C2CC2)cc1)C(C)C. The Hall–Kier alpha value is -1.08. The maximum atomic E-state index is 3.51. The quantitative estimate of drug-likeness (QED) is 0.704. The third-order valence-electron chi connectivity index (χ3n) is 3.83. The van der Waals surface area contributed by atoms with Crippen LogP contribution < -0.4 is 5.32 Å². The fourth-order valence-corrected chi connectivity index (χ4v) is 2.33. The van der Waals surface area contributed by atoms with Gasteiger partial charge in [0.05, 0.1) is 0 Å². The number of nitrogens with one attached hydrogen (secondary N) is 1. The van der Waals surface area contributed by atoms with Crippen LogP contribution in [0.2, 0.25) is 0 Å². The molecule has 1 aromatic rings. The molecular weight excluding hydrogens is 230 g/mol. The van der Waals surface area contributed by atoms with Gasteiger partial charge in [-0.3, -0.25) is 0 Å². The summed E-state index contributed by atoms with van der Waals surface area (Å²) in [7, 11) is 0. The van der Waals surface area contributed by atoms with Gasteiger partial charge in [0, 0.05) is 6.54 Å². The van der Waals surface area contributed by atoms with E-state index in [2.05, 4.69) is 56.4 Å². The van der Waals surface area contributed by atoms with E-state index in [1.165, 1.54) is 36.0 Å². The van der Waals surface area contributed by atoms with E-state index in [0.717, 1.165) is 19.0 Å². The minimum Gasteiger partial charge on any atom is -0.313 e. The minimum atomic E-state index is 0.604. The summed E-state index contributed by atoms with van der Waals surface area (Å²) in [5.41, 5.74) is 4.35. The number of hydrogen-bond acceptors (Lipinski definition) is 1. The lowest BCUT2D eigenvalue weighted by atomic mass is 9.99. The summed E-state index contributed by atoms with van der Waals surface area (Å²) >= 11 is 0. The van der Waals surface area contributed by atoms with Gasteiger partial charge in [0.2, 0.25) is 0 Å². The molecule has 1 nitrogen and oxygen atoms in total. The summed E-state index contributed by atoms with van der Waals surface area (Å²) in [5, 5.41) is 3.51. The van der Waals surface area contributed by atoms with Gasteiger partial charge in [0.15, 0.2) is 0 Å². The molecular formula is C18H27N. The molecule has 0 amide bonds. The Bertz CT molecular complexity index is 410. The van der Waals surface area contributed by atoms with Gasteiger partial charge in [0.25, 0.3) is 0 Å². The molecule has 0 atom stereocenters. The van der Waals surface area contributed by atoms with Crippen LogP contribution in [0.15, 0.2) is 29.8 Å². The number of benzene rings is 1. The third-order valence-corrected chi connectivity index (χ3v) is 3.83. The molecule has 1 saturated carbocycles. The lowest BCUT2D eigenvalue weighted by Crippen LogP contribution is -2.19. The Labute approximate surface area is 118 Å². The van der Waals surface area contributed by atoms with Gasteiger partial charge in [-0.25, -0.2) is 0 Å². The second-order valence-electron chi connectivity index (χ2n) is 5.99. The minimum absolute atomic E-state index is 0.604. The molecule has 104 valence electrons. The van der Waals surface area contributed by atoms with E-state index in [9.17, 15) is 0 Å². The van der Waals surface area contributed by atoms with E-state index in [1.807, 2.05) is 0 Å². The first-order valence-electron chi connectivity index (χ1n) is 7.72. The predicted octanol–water partition coefficient (Wildman–Crippen LogP) is 4.60. The maximum Gasteiger partial charge on any atom is 0.0170 e. The topological polar surface area (TPSA) is 12.0 Å². The summed E-state index contributed by atoms with van der Waals surface area (Å²) in [6.45, 7) is 8.87. The highest BCUT2D eigenvalue weighted by molar-refractivity contribution is 5.54. The fraction of sp³-hybridized carbons (Fsp3) is 0.556. The maximum absolute atomic E-state index is 3.51. The molecule has 1 heteroatoms. The van der Waals surface area contributed by atoms with Crippen molar-refractivity contribution in [1.29, 1.82) is 0 Å². The van der Waals surface area contributed by atoms with Crippen molar-refractivity contribution in [1.82, 2.24) is 5.32 Å². The van der Waals surface area contributed by atoms with Gasteiger partial charge in [-0.15, -0.1) is 0 Å². The molecule has 1 fully saturated rings. The van der Waals surface area contributed by atoms with Crippen LogP contribution in [0.25, 0.3) is 6.08 Å². The second kappa shape index (κ2) is 6.91. The average molecular weight is 257 g/mol. The molecule has 0 saturated heterocycles. The van der Waals surface area contributed by atoms with Crippen LogP contribution in [0.5, 0.6) is 0 Å². The first-order valence-corrected chi connectivity index (χ1v) is 7.72. The van der Waals surface area contributed by atoms with Gasteiger partial charge >= 0.3 is 0 Å². The van der Waals surface area contributed by atoms with Gasteiger partial charge in [0.1, 0.15) is 0 Å². The van der Waals surface area contributed by atoms with E-state index in [-0.39, 0.29) is 0 Å². The second-order valence-corrected chi connectivity index (χ2v) is 5.99. The molecule has 0 spiro atoms. The lowest BCUT2D eigenvalue weighted by Gasteiger charge is -2.13. The van der Waals surface area contributed by atoms with Gasteiger partial charge in [-0.1, -0.05) is 56.7 Å². The molecule has 0 heterocycles. The molecule has 1 aromatic carbocycles. The zero-order valence-corrected chi connectivity index (χ0v) is 12.6. The molecule has 0 aliphatic heterocycles. The zero-order chi connectivity index (χ0) is 13.7. The van der Waals surface area contributed by atoms with Crippen molar-refractivity contribution in [2.45, 2.75) is 46.0 Å². The average Bonchev–Trinajstić information content (AvgIpc) is 3.23. The van der Waals surface area contributed by atoms with Gasteiger partial charge in [-0.05, 0) is 48.8 Å². The van der Waals surface area contributed by atoms with Crippen LogP contribution in [0, 0.1) is 5.92 Å². The Morgan fingerprint density at radius 1 is 1.26 bits per heavy atom. The lowest BCUT2D eigenvalue weighted by molar-refractivity contribution is 0.657. The smallest absolute Gasteiger partial charge is 0.0170 e. The number of hydrogen-bond donors (Lipinski definition) is 1. The molecule has 1 aliphatic carbocycles. The van der Waals surface area contributed by atoms with Crippen molar-refractivity contribution in [3.63, 3.8) is 0 Å². The van der Waals surface area contributed by atoms with Crippen molar-refractivity contribution < 1.29 is 0 Å². The van der Waals surface area contributed by atoms with Gasteiger partial charge < -0.3 is 5.32 Å². The number of rotatable bonds is 7. The standard InChI is InChI=1S/C18H27N/c1-4-11-19-13-18(14(2)3)12-15-5-7-16(8-6-15)17-9-10-17/h5-8,12,14,17,19H,4,9-11,13H2,1-3H3. The van der Waals surface area contributed by atoms with E-state index in [1.54, 1.807) is 0 Å². The summed E-state index contributed by atoms with van der Waals surface area (Å²) < 4.78 is 0. The highest BCUT2D eigenvalue weighted by Crippen LogP contribution is 2.39. The molecule has 0 radical (unpaired) electrons. The summed E-state index contributed by atoms with van der Waals surface area (Å²) in [4.78, 5) is 0. The monoisotopic (exact) mass is 257 g/mol. The predicted molar refractivity (Wildman–Crippen MR) is 84.4 cm³/mol. The van der Waals surface area contributed by atoms with Crippen molar-refractivity contribution in [3.05, 3.63) is 41.0 Å². The Balaban J connectivity index is 2.01. The van der Waals surface area contributed by atoms with Crippen LogP contribution >= 0.6 is 0 Å². The molecule has 1 aliphatic rings. The van der Waals surface area contributed by atoms with Crippen LogP contribution in [-0.4, -0.2) is 13.1 Å². The third kappa shape index (κ3) is 4.50. The summed E-state index contributed by atoms with van der Waals surface area (Å²) in [5.74, 6) is 1.46. The van der Waals surface area contributed by atoms with Crippen molar-refractivity contribution in [3.8, 4) is 0 Å². The van der Waals surface area contributed by atoms with Crippen molar-refractivity contribution in [2.75, 3.05) is 13.1 Å². The summed E-state index contributed by atoms with van der Waals surface area (Å²) in [6, 6.07) is 9.16. The molecule has 0 unspecified atom stereocenters. The highest BCUT2D eigenvalue weighted by atomic mass is 14.8. The van der Waals surface area contributed by atoms with Crippen LogP contribution in [0.1, 0.15) is 57.1 Å². The Morgan fingerprint density at radius 2 is 1.95 bits per heavy atom. The first-order chi connectivity index (χ1) is 9.20. The molecule has 2 rings (SSSR count). The first kappa shape index (κ1) is 14.3. The normalized spacial score (nSPS) is 16.1. The summed E-state index contributed by atoms with van der Waals surface area (Å²) in [6.07, 6.45) is 6.31. The van der Waals surface area contributed by atoms with Crippen LogP contribution in [-0.2, 0) is 0 Å². The van der Waals surface area contributed by atoms with E-state index in [0.29, 0.717) is 5.92 Å². The molecule has 1 N–H and O–H groups in total.